The number of carboxylic acid groups (broad SMARTS) is 1. The summed E-state index contributed by atoms with van der Waals surface area (Å²) in [5.74, 6) is -2.69. The van der Waals surface area contributed by atoms with Gasteiger partial charge < -0.3 is 20.2 Å². The number of carbonyl (C=O) groups is 3. The zero-order valence-corrected chi connectivity index (χ0v) is 16.5. The minimum absolute atomic E-state index is 0.0247. The van der Waals surface area contributed by atoms with E-state index in [1.165, 1.54) is 0 Å². The van der Waals surface area contributed by atoms with Gasteiger partial charge in [-0.15, -0.1) is 0 Å². The molecule has 1 aromatic rings. The first kappa shape index (κ1) is 22.7. The van der Waals surface area contributed by atoms with E-state index < -0.39 is 17.6 Å². The molecule has 0 atom stereocenters. The Kier molecular flexibility index (Phi) is 6.56. The number of halogens is 3. The van der Waals surface area contributed by atoms with E-state index in [-0.39, 0.29) is 11.8 Å². The topological polar surface area (TPSA) is 90.0 Å². The number of hydrogen-bond donors (Lipinski definition) is 2. The Hall–Kier alpha value is -2.62. The van der Waals surface area contributed by atoms with Crippen molar-refractivity contribution in [3.63, 3.8) is 0 Å². The van der Waals surface area contributed by atoms with Crippen LogP contribution in [0.1, 0.15) is 35.7 Å². The van der Waals surface area contributed by atoms with Gasteiger partial charge in [0.05, 0.1) is 5.41 Å². The van der Waals surface area contributed by atoms with E-state index in [1.54, 1.807) is 25.1 Å². The van der Waals surface area contributed by atoms with E-state index in [2.05, 4.69) is 17.1 Å². The van der Waals surface area contributed by atoms with Crippen LogP contribution < -0.4 is 5.32 Å². The lowest BCUT2D eigenvalue weighted by Crippen LogP contribution is -2.46. The number of likely N-dealkylation sites (tertiary alicyclic amines) is 1. The van der Waals surface area contributed by atoms with Crippen LogP contribution in [0.3, 0.4) is 0 Å². The predicted molar refractivity (Wildman–Crippen MR) is 99.8 cm³/mol. The Morgan fingerprint density at radius 3 is 2.24 bits per heavy atom. The smallest absolute Gasteiger partial charge is 0.475 e. The van der Waals surface area contributed by atoms with Crippen molar-refractivity contribution in [1.29, 1.82) is 0 Å². The lowest BCUT2D eigenvalue weighted by Gasteiger charge is -2.37. The molecule has 3 rings (SSSR count). The fraction of sp³-hybridized carbons (Fsp3) is 0.526. The molecule has 0 unspecified atom stereocenters. The summed E-state index contributed by atoms with van der Waals surface area (Å²) < 4.78 is 31.7. The lowest BCUT2D eigenvalue weighted by molar-refractivity contribution is -0.192. The van der Waals surface area contributed by atoms with Crippen molar-refractivity contribution in [2.75, 3.05) is 39.0 Å². The monoisotopic (exact) mass is 415 g/mol. The van der Waals surface area contributed by atoms with Gasteiger partial charge >= 0.3 is 12.1 Å². The van der Waals surface area contributed by atoms with Gasteiger partial charge in [0.15, 0.2) is 0 Å². The Morgan fingerprint density at radius 2 is 1.79 bits per heavy atom. The van der Waals surface area contributed by atoms with Crippen LogP contribution in [0.15, 0.2) is 18.2 Å². The molecule has 2 aliphatic rings. The van der Waals surface area contributed by atoms with Crippen molar-refractivity contribution >= 4 is 23.5 Å². The third-order valence-corrected chi connectivity index (χ3v) is 5.27. The van der Waals surface area contributed by atoms with Crippen LogP contribution in [-0.4, -0.2) is 72.6 Å². The minimum Gasteiger partial charge on any atom is -0.475 e. The summed E-state index contributed by atoms with van der Waals surface area (Å²) in [6.45, 7) is 5.02. The predicted octanol–water partition coefficient (Wildman–Crippen LogP) is 2.33. The number of fused-ring (bicyclic) bond motifs is 2. The number of aliphatic carboxylic acids is 1. The van der Waals surface area contributed by atoms with Crippen LogP contribution in [0.25, 0.3) is 0 Å². The van der Waals surface area contributed by atoms with E-state index in [4.69, 9.17) is 9.90 Å². The van der Waals surface area contributed by atoms with Gasteiger partial charge in [-0.3, -0.25) is 9.59 Å². The zero-order valence-electron chi connectivity index (χ0n) is 16.5. The number of nitrogens with one attached hydrogen (secondary N) is 1. The fourth-order valence-electron chi connectivity index (χ4n) is 3.55. The van der Waals surface area contributed by atoms with Crippen molar-refractivity contribution in [1.82, 2.24) is 9.80 Å². The highest BCUT2D eigenvalue weighted by Crippen LogP contribution is 2.45. The molecule has 0 aromatic heterocycles. The first-order valence-electron chi connectivity index (χ1n) is 9.12. The molecule has 1 spiro atoms. The van der Waals surface area contributed by atoms with Crippen LogP contribution in [0.5, 0.6) is 0 Å². The van der Waals surface area contributed by atoms with Gasteiger partial charge in [0.1, 0.15) is 0 Å². The van der Waals surface area contributed by atoms with Crippen molar-refractivity contribution in [2.45, 2.75) is 31.4 Å². The van der Waals surface area contributed by atoms with Gasteiger partial charge in [-0.2, -0.15) is 13.2 Å². The minimum atomic E-state index is -5.08. The van der Waals surface area contributed by atoms with Gasteiger partial charge in [-0.05, 0) is 56.2 Å². The molecule has 1 fully saturated rings. The SMILES string of the molecule is CCN1CCC2(CC1)C(=O)Nc1ccc(C(=O)N(C)C)cc12.O=C(O)C(F)(F)F. The van der Waals surface area contributed by atoms with E-state index in [0.717, 1.165) is 43.7 Å². The number of benzene rings is 1. The van der Waals surface area contributed by atoms with Crippen LogP contribution in [0.4, 0.5) is 18.9 Å². The quantitative estimate of drug-likeness (QED) is 0.774. The third kappa shape index (κ3) is 4.69. The molecular weight excluding hydrogens is 391 g/mol. The number of alkyl halides is 3. The van der Waals surface area contributed by atoms with Crippen molar-refractivity contribution in [2.24, 2.45) is 0 Å². The molecule has 2 heterocycles. The summed E-state index contributed by atoms with van der Waals surface area (Å²) in [7, 11) is 3.49. The van der Waals surface area contributed by atoms with E-state index >= 15 is 0 Å². The highest BCUT2D eigenvalue weighted by molar-refractivity contribution is 6.07. The molecule has 0 saturated carbocycles. The summed E-state index contributed by atoms with van der Waals surface area (Å²) in [5, 5.41) is 10.1. The standard InChI is InChI=1S/C17H23N3O2.C2HF3O2/c1-4-20-9-7-17(8-10-20)13-11-12(15(21)19(2)3)5-6-14(13)18-16(17)22;3-2(4,5)1(6)7/h5-6,11H,4,7-10H2,1-3H3,(H,18,22);(H,6,7). The summed E-state index contributed by atoms with van der Waals surface area (Å²) in [6.07, 6.45) is -3.45. The number of carboxylic acids is 1. The highest BCUT2D eigenvalue weighted by Gasteiger charge is 2.48. The highest BCUT2D eigenvalue weighted by atomic mass is 19.4. The maximum absolute atomic E-state index is 12.6. The molecule has 0 aliphatic carbocycles. The molecule has 0 bridgehead atoms. The molecule has 1 aromatic carbocycles. The maximum atomic E-state index is 12.6. The Bertz CT molecular complexity index is 800. The number of piperidine rings is 1. The van der Waals surface area contributed by atoms with Crippen LogP contribution in [-0.2, 0) is 15.0 Å². The van der Waals surface area contributed by atoms with Gasteiger partial charge in [-0.1, -0.05) is 6.92 Å². The average molecular weight is 415 g/mol. The van der Waals surface area contributed by atoms with E-state index in [1.807, 2.05) is 12.1 Å². The zero-order chi connectivity index (χ0) is 22.0. The van der Waals surface area contributed by atoms with Gasteiger partial charge in [-0.25, -0.2) is 4.79 Å². The number of anilines is 1. The number of hydrogen-bond acceptors (Lipinski definition) is 4. The maximum Gasteiger partial charge on any atom is 0.490 e. The van der Waals surface area contributed by atoms with E-state index in [9.17, 15) is 22.8 Å². The van der Waals surface area contributed by atoms with Crippen molar-refractivity contribution < 1.29 is 32.7 Å². The van der Waals surface area contributed by atoms with Crippen LogP contribution in [0.2, 0.25) is 0 Å². The normalized spacial score (nSPS) is 17.8. The van der Waals surface area contributed by atoms with Crippen molar-refractivity contribution in [3.05, 3.63) is 29.3 Å². The number of amides is 2. The molecule has 160 valence electrons. The first-order valence-corrected chi connectivity index (χ1v) is 9.12. The molecular formula is C19H24F3N3O4. The summed E-state index contributed by atoms with van der Waals surface area (Å²) in [6, 6.07) is 5.57. The second kappa shape index (κ2) is 8.40. The Labute approximate surface area is 166 Å². The number of rotatable bonds is 2. The summed E-state index contributed by atoms with van der Waals surface area (Å²) >= 11 is 0. The lowest BCUT2D eigenvalue weighted by atomic mass is 9.73. The number of nitrogens with zero attached hydrogens (tertiary/aromatic N) is 2. The third-order valence-electron chi connectivity index (χ3n) is 5.27. The summed E-state index contributed by atoms with van der Waals surface area (Å²) in [4.78, 5) is 37.6. The molecule has 2 aliphatic heterocycles. The molecule has 2 amide bonds. The van der Waals surface area contributed by atoms with Crippen molar-refractivity contribution in [3.8, 4) is 0 Å². The van der Waals surface area contributed by atoms with E-state index in [0.29, 0.717) is 5.56 Å². The molecule has 0 radical (unpaired) electrons. The largest absolute Gasteiger partial charge is 0.490 e. The van der Waals surface area contributed by atoms with Gasteiger partial charge in [0.2, 0.25) is 5.91 Å². The Balaban J connectivity index is 0.000000370. The number of carbonyl (C=O) groups excluding carboxylic acids is 2. The summed E-state index contributed by atoms with van der Waals surface area (Å²) in [5.41, 5.74) is 2.06. The fourth-order valence-corrected chi connectivity index (χ4v) is 3.55. The molecule has 7 nitrogen and oxygen atoms in total. The van der Waals surface area contributed by atoms with Crippen LogP contribution in [0, 0.1) is 0 Å². The Morgan fingerprint density at radius 1 is 1.24 bits per heavy atom. The molecule has 10 heteroatoms. The van der Waals surface area contributed by atoms with Crippen LogP contribution >= 0.6 is 0 Å². The second-order valence-corrected chi connectivity index (χ2v) is 7.23. The van der Waals surface area contributed by atoms with Gasteiger partial charge in [0, 0.05) is 25.3 Å². The molecule has 2 N–H and O–H groups in total. The molecule has 29 heavy (non-hydrogen) atoms. The molecule has 1 saturated heterocycles. The van der Waals surface area contributed by atoms with Gasteiger partial charge in [0.25, 0.3) is 5.91 Å². The average Bonchev–Trinajstić information content (AvgIpc) is 2.92. The first-order chi connectivity index (χ1) is 13.4. The second-order valence-electron chi connectivity index (χ2n) is 7.23.